The zero-order valence-electron chi connectivity index (χ0n) is 13.6. The minimum absolute atomic E-state index is 0.304. The number of aryl methyl sites for hydroxylation is 4. The van der Waals surface area contributed by atoms with Crippen LogP contribution in [0.2, 0.25) is 0 Å². The molecular weight excluding hydrogens is 292 g/mol. The van der Waals surface area contributed by atoms with E-state index in [9.17, 15) is 0 Å². The number of fused-ring (bicyclic) bond motifs is 1. The lowest BCUT2D eigenvalue weighted by Crippen LogP contribution is -2.12. The topological polar surface area (TPSA) is 73.4 Å². The van der Waals surface area contributed by atoms with Gasteiger partial charge in [0.2, 0.25) is 0 Å². The lowest BCUT2D eigenvalue weighted by molar-refractivity contribution is 0.118. The van der Waals surface area contributed by atoms with Gasteiger partial charge in [-0.05, 0) is 39.8 Å². The van der Waals surface area contributed by atoms with Crippen LogP contribution in [0.4, 0.5) is 0 Å². The Hall–Kier alpha value is -2.76. The van der Waals surface area contributed by atoms with Crippen LogP contribution in [0, 0.1) is 27.7 Å². The van der Waals surface area contributed by atoms with Gasteiger partial charge in [0.05, 0.1) is 33.7 Å². The van der Waals surface area contributed by atoms with Gasteiger partial charge in [-0.2, -0.15) is 0 Å². The summed E-state index contributed by atoms with van der Waals surface area (Å²) < 4.78 is 5.12. The van der Waals surface area contributed by atoms with E-state index in [2.05, 4.69) is 20.3 Å². The molecule has 0 saturated carbocycles. The molecule has 3 aromatic rings. The number of para-hydroxylation sites is 2. The van der Waals surface area contributed by atoms with Crippen molar-refractivity contribution in [3.8, 4) is 0 Å². The lowest BCUT2D eigenvalue weighted by Gasteiger charge is -1.98. The molecule has 0 fully saturated rings. The summed E-state index contributed by atoms with van der Waals surface area (Å²) in [7, 11) is 0. The Labute approximate surface area is 133 Å². The molecule has 0 aliphatic rings. The largest absolute Gasteiger partial charge is 0.390 e. The van der Waals surface area contributed by atoms with E-state index in [-0.39, 0.29) is 0 Å². The average molecular weight is 310 g/mol. The first kappa shape index (κ1) is 15.1. The number of hydrogen-bond donors (Lipinski definition) is 0. The van der Waals surface area contributed by atoms with Crippen molar-refractivity contribution in [1.82, 2.24) is 15.1 Å². The maximum Gasteiger partial charge on any atom is 0.147 e. The van der Waals surface area contributed by atoms with Gasteiger partial charge in [0, 0.05) is 0 Å². The van der Waals surface area contributed by atoms with E-state index in [0.717, 1.165) is 39.4 Å². The first-order chi connectivity index (χ1) is 11.1. The van der Waals surface area contributed by atoms with Gasteiger partial charge in [-0.1, -0.05) is 22.4 Å². The van der Waals surface area contributed by atoms with Crippen molar-refractivity contribution in [3.63, 3.8) is 0 Å². The summed E-state index contributed by atoms with van der Waals surface area (Å²) in [5.74, 6) is 0.742. The fraction of sp³-hybridized carbons (Fsp3) is 0.294. The van der Waals surface area contributed by atoms with Gasteiger partial charge in [-0.25, -0.2) is 9.97 Å². The van der Waals surface area contributed by atoms with Crippen molar-refractivity contribution in [2.45, 2.75) is 34.3 Å². The number of aromatic nitrogens is 3. The van der Waals surface area contributed by atoms with Crippen LogP contribution < -0.4 is 5.36 Å². The summed E-state index contributed by atoms with van der Waals surface area (Å²) in [6, 6.07) is 7.75. The van der Waals surface area contributed by atoms with Gasteiger partial charge in [-0.3, -0.25) is 0 Å². The Kier molecular flexibility index (Phi) is 4.06. The number of nitrogens with zero attached hydrogens (tertiary/aromatic N) is 4. The third-order valence-corrected chi connectivity index (χ3v) is 3.69. The fourth-order valence-electron chi connectivity index (χ4n) is 2.38. The van der Waals surface area contributed by atoms with Crippen LogP contribution in [0.25, 0.3) is 11.0 Å². The number of benzene rings is 1. The van der Waals surface area contributed by atoms with Crippen molar-refractivity contribution < 1.29 is 9.36 Å². The van der Waals surface area contributed by atoms with E-state index in [1.54, 1.807) is 0 Å². The third kappa shape index (κ3) is 3.06. The van der Waals surface area contributed by atoms with Crippen molar-refractivity contribution in [3.05, 3.63) is 58.0 Å². The SMILES string of the molecule is Cc1noc(C)c1CON=c1c(C)nc2ccccc2nc1C. The highest BCUT2D eigenvalue weighted by atomic mass is 16.6. The van der Waals surface area contributed by atoms with Crippen LogP contribution >= 0.6 is 0 Å². The second-order valence-corrected chi connectivity index (χ2v) is 5.40. The normalized spacial score (nSPS) is 10.8. The van der Waals surface area contributed by atoms with Crippen LogP contribution in [0.3, 0.4) is 0 Å². The van der Waals surface area contributed by atoms with Gasteiger partial charge in [0.15, 0.2) is 0 Å². The predicted molar refractivity (Wildman–Crippen MR) is 85.3 cm³/mol. The van der Waals surface area contributed by atoms with E-state index in [4.69, 9.17) is 9.36 Å². The number of hydrogen-bond acceptors (Lipinski definition) is 6. The molecule has 0 spiro atoms. The summed E-state index contributed by atoms with van der Waals surface area (Å²) in [6.07, 6.45) is 0. The second kappa shape index (κ2) is 6.16. The molecule has 1 aromatic carbocycles. The Morgan fingerprint density at radius 3 is 2.09 bits per heavy atom. The Morgan fingerprint density at radius 2 is 1.57 bits per heavy atom. The molecule has 0 aliphatic heterocycles. The highest BCUT2D eigenvalue weighted by Gasteiger charge is 2.09. The first-order valence-corrected chi connectivity index (χ1v) is 7.38. The number of rotatable bonds is 3. The molecule has 6 nitrogen and oxygen atoms in total. The quantitative estimate of drug-likeness (QED) is 0.695. The van der Waals surface area contributed by atoms with Crippen LogP contribution in [0.1, 0.15) is 28.4 Å². The highest BCUT2D eigenvalue weighted by Crippen LogP contribution is 2.13. The zero-order valence-corrected chi connectivity index (χ0v) is 13.6. The maximum atomic E-state index is 5.50. The Morgan fingerprint density at radius 1 is 0.957 bits per heavy atom. The third-order valence-electron chi connectivity index (χ3n) is 3.69. The molecule has 6 heteroatoms. The van der Waals surface area contributed by atoms with E-state index < -0.39 is 0 Å². The van der Waals surface area contributed by atoms with Gasteiger partial charge >= 0.3 is 0 Å². The Bertz CT molecular complexity index is 865. The van der Waals surface area contributed by atoms with E-state index >= 15 is 0 Å². The van der Waals surface area contributed by atoms with Crippen molar-refractivity contribution in [1.29, 1.82) is 0 Å². The maximum absolute atomic E-state index is 5.50. The van der Waals surface area contributed by atoms with Gasteiger partial charge in [-0.15, -0.1) is 0 Å². The molecule has 0 amide bonds. The minimum Gasteiger partial charge on any atom is -0.390 e. The molecule has 0 saturated heterocycles. The molecule has 2 heterocycles. The van der Waals surface area contributed by atoms with Crippen LogP contribution in [0.15, 0.2) is 33.9 Å². The summed E-state index contributed by atoms with van der Waals surface area (Å²) in [5.41, 5.74) is 4.94. The molecule has 0 atom stereocenters. The fourth-order valence-corrected chi connectivity index (χ4v) is 2.38. The van der Waals surface area contributed by atoms with Gasteiger partial charge < -0.3 is 9.36 Å². The molecule has 0 unspecified atom stereocenters. The molecule has 3 rings (SSSR count). The zero-order chi connectivity index (χ0) is 16.4. The summed E-state index contributed by atoms with van der Waals surface area (Å²) >= 11 is 0. The van der Waals surface area contributed by atoms with Gasteiger partial charge in [0.1, 0.15) is 17.7 Å². The van der Waals surface area contributed by atoms with Crippen molar-refractivity contribution in [2.75, 3.05) is 0 Å². The summed E-state index contributed by atoms with van der Waals surface area (Å²) in [5, 5.41) is 8.78. The minimum atomic E-state index is 0.304. The van der Waals surface area contributed by atoms with E-state index in [1.807, 2.05) is 52.0 Å². The standard InChI is InChI=1S/C17H18N4O2/c1-10-14(13(4)23-20-10)9-22-21-17-11(2)18-15-7-5-6-8-16(15)19-12(17)3/h5-8H,9H2,1-4H3. The van der Waals surface area contributed by atoms with Crippen LogP contribution in [0.5, 0.6) is 0 Å². The van der Waals surface area contributed by atoms with Crippen molar-refractivity contribution >= 4 is 11.0 Å². The van der Waals surface area contributed by atoms with Gasteiger partial charge in [0.25, 0.3) is 0 Å². The van der Waals surface area contributed by atoms with E-state index in [0.29, 0.717) is 12.0 Å². The molecule has 0 N–H and O–H groups in total. The monoisotopic (exact) mass is 310 g/mol. The molecule has 0 radical (unpaired) electrons. The predicted octanol–water partition coefficient (Wildman–Crippen LogP) is 2.88. The molecule has 0 aliphatic carbocycles. The molecule has 2 aromatic heterocycles. The molecule has 0 bridgehead atoms. The van der Waals surface area contributed by atoms with Crippen molar-refractivity contribution in [2.24, 2.45) is 5.16 Å². The smallest absolute Gasteiger partial charge is 0.147 e. The Balaban J connectivity index is 1.99. The molecule has 23 heavy (non-hydrogen) atoms. The average Bonchev–Trinajstić information content (AvgIpc) is 2.77. The first-order valence-electron chi connectivity index (χ1n) is 7.38. The molecular formula is C17H18N4O2. The summed E-state index contributed by atoms with van der Waals surface area (Å²) in [4.78, 5) is 14.7. The molecule has 118 valence electrons. The highest BCUT2D eigenvalue weighted by molar-refractivity contribution is 5.73. The lowest BCUT2D eigenvalue weighted by atomic mass is 10.2. The summed E-state index contributed by atoms with van der Waals surface area (Å²) in [6.45, 7) is 7.84. The van der Waals surface area contributed by atoms with Crippen LogP contribution in [-0.2, 0) is 11.4 Å². The second-order valence-electron chi connectivity index (χ2n) is 5.40. The van der Waals surface area contributed by atoms with E-state index in [1.165, 1.54) is 0 Å². The van der Waals surface area contributed by atoms with Crippen LogP contribution in [-0.4, -0.2) is 15.1 Å².